The van der Waals surface area contributed by atoms with Crippen molar-refractivity contribution < 1.29 is 0 Å². The summed E-state index contributed by atoms with van der Waals surface area (Å²) in [4.78, 5) is 9.53. The maximum atomic E-state index is 4.78. The highest BCUT2D eigenvalue weighted by molar-refractivity contribution is 9.10. The third-order valence-corrected chi connectivity index (χ3v) is 5.05. The highest BCUT2D eigenvalue weighted by Crippen LogP contribution is 2.28. The predicted octanol–water partition coefficient (Wildman–Crippen LogP) is 3.69. The Morgan fingerprint density at radius 3 is 2.50 bits per heavy atom. The molecule has 20 heavy (non-hydrogen) atoms. The van der Waals surface area contributed by atoms with Crippen LogP contribution >= 0.6 is 15.9 Å². The van der Waals surface area contributed by atoms with Gasteiger partial charge in [-0.3, -0.25) is 0 Å². The summed E-state index contributed by atoms with van der Waals surface area (Å²) in [6, 6.07) is 4.31. The molecule has 0 spiro atoms. The van der Waals surface area contributed by atoms with E-state index in [2.05, 4.69) is 54.2 Å². The van der Waals surface area contributed by atoms with Crippen molar-refractivity contribution in [3.8, 4) is 11.4 Å². The minimum absolute atomic E-state index is 0.850. The number of hydrogen-bond acceptors (Lipinski definition) is 3. The number of hydrogen-bond donors (Lipinski definition) is 1. The molecule has 1 aliphatic heterocycles. The van der Waals surface area contributed by atoms with Crippen LogP contribution in [0.2, 0.25) is 0 Å². The van der Waals surface area contributed by atoms with E-state index < -0.39 is 0 Å². The molecule has 2 heterocycles. The van der Waals surface area contributed by atoms with E-state index in [1.165, 1.54) is 26.9 Å². The summed E-state index contributed by atoms with van der Waals surface area (Å²) in [5.74, 6) is 0.850. The van der Waals surface area contributed by atoms with E-state index in [0.29, 0.717) is 0 Å². The smallest absolute Gasteiger partial charge is 0.159 e. The zero-order valence-electron chi connectivity index (χ0n) is 12.0. The summed E-state index contributed by atoms with van der Waals surface area (Å²) < 4.78 is 1.17. The maximum Gasteiger partial charge on any atom is 0.159 e. The van der Waals surface area contributed by atoms with Gasteiger partial charge in [-0.1, -0.05) is 22.9 Å². The monoisotopic (exact) mass is 331 g/mol. The first-order valence-corrected chi connectivity index (χ1v) is 7.76. The second-order valence-electron chi connectivity index (χ2n) is 5.30. The Labute approximate surface area is 128 Å². The molecule has 4 heteroatoms. The molecular weight excluding hydrogens is 314 g/mol. The van der Waals surface area contributed by atoms with Gasteiger partial charge in [-0.15, -0.1) is 0 Å². The van der Waals surface area contributed by atoms with Crippen LogP contribution in [0.15, 0.2) is 16.6 Å². The fourth-order valence-electron chi connectivity index (χ4n) is 2.73. The molecule has 3 nitrogen and oxygen atoms in total. The van der Waals surface area contributed by atoms with E-state index in [1.54, 1.807) is 0 Å². The van der Waals surface area contributed by atoms with Crippen LogP contribution in [0.1, 0.15) is 35.0 Å². The average molecular weight is 332 g/mol. The second-order valence-corrected chi connectivity index (χ2v) is 6.09. The summed E-state index contributed by atoms with van der Waals surface area (Å²) in [6.45, 7) is 8.12. The molecule has 1 aliphatic rings. The largest absolute Gasteiger partial charge is 0.307 e. The van der Waals surface area contributed by atoms with Gasteiger partial charge in [0.05, 0.1) is 5.69 Å². The number of aryl methyl sites for hydroxylation is 3. The number of benzene rings is 1. The van der Waals surface area contributed by atoms with Crippen molar-refractivity contribution >= 4 is 15.9 Å². The molecule has 0 radical (unpaired) electrons. The van der Waals surface area contributed by atoms with Gasteiger partial charge in [-0.25, -0.2) is 9.97 Å². The Hall–Kier alpha value is -1.26. The zero-order valence-corrected chi connectivity index (χ0v) is 13.6. The van der Waals surface area contributed by atoms with E-state index in [1.807, 2.05) is 0 Å². The van der Waals surface area contributed by atoms with Crippen molar-refractivity contribution in [2.24, 2.45) is 0 Å². The zero-order chi connectivity index (χ0) is 14.3. The fourth-order valence-corrected chi connectivity index (χ4v) is 2.96. The van der Waals surface area contributed by atoms with Crippen LogP contribution in [-0.2, 0) is 19.5 Å². The van der Waals surface area contributed by atoms with E-state index in [0.717, 1.165) is 36.6 Å². The van der Waals surface area contributed by atoms with Crippen LogP contribution in [0.25, 0.3) is 11.4 Å². The Bertz CT molecular complexity index is 657. The van der Waals surface area contributed by atoms with E-state index in [4.69, 9.17) is 9.97 Å². The van der Waals surface area contributed by atoms with Crippen molar-refractivity contribution in [2.45, 2.75) is 40.3 Å². The van der Waals surface area contributed by atoms with Crippen LogP contribution in [0, 0.1) is 13.8 Å². The molecule has 0 aliphatic carbocycles. The van der Waals surface area contributed by atoms with Gasteiger partial charge in [0.1, 0.15) is 0 Å². The van der Waals surface area contributed by atoms with Gasteiger partial charge in [0.25, 0.3) is 0 Å². The first kappa shape index (κ1) is 13.7. The summed E-state index contributed by atoms with van der Waals surface area (Å²) in [5.41, 5.74) is 7.17. The second kappa shape index (κ2) is 5.26. The first-order valence-electron chi connectivity index (χ1n) is 6.96. The molecule has 0 saturated carbocycles. The molecule has 0 bridgehead atoms. The molecule has 1 aromatic carbocycles. The van der Waals surface area contributed by atoms with Crippen molar-refractivity contribution in [1.29, 1.82) is 0 Å². The topological polar surface area (TPSA) is 37.8 Å². The summed E-state index contributed by atoms with van der Waals surface area (Å²) in [6.07, 6.45) is 0.952. The minimum Gasteiger partial charge on any atom is -0.307 e. The van der Waals surface area contributed by atoms with Crippen molar-refractivity contribution in [2.75, 3.05) is 0 Å². The van der Waals surface area contributed by atoms with Crippen molar-refractivity contribution in [3.05, 3.63) is 44.7 Å². The number of nitrogens with zero attached hydrogens (tertiary/aromatic N) is 2. The Balaban J connectivity index is 2.16. The SMILES string of the molecule is CCc1nc(-c2cc(C)c(Br)c(C)c2)nc2c1CNC2. The fraction of sp³-hybridized carbons (Fsp3) is 0.375. The van der Waals surface area contributed by atoms with Crippen molar-refractivity contribution in [3.63, 3.8) is 0 Å². The Morgan fingerprint density at radius 1 is 1.15 bits per heavy atom. The minimum atomic E-state index is 0.850. The number of fused-ring (bicyclic) bond motifs is 1. The predicted molar refractivity (Wildman–Crippen MR) is 84.6 cm³/mol. The van der Waals surface area contributed by atoms with E-state index in [9.17, 15) is 0 Å². The summed E-state index contributed by atoms with van der Waals surface area (Å²) in [7, 11) is 0. The summed E-state index contributed by atoms with van der Waals surface area (Å²) in [5, 5.41) is 3.36. The lowest BCUT2D eigenvalue weighted by Crippen LogP contribution is -2.03. The van der Waals surface area contributed by atoms with Gasteiger partial charge in [0.2, 0.25) is 0 Å². The third kappa shape index (κ3) is 2.27. The Morgan fingerprint density at radius 2 is 1.85 bits per heavy atom. The molecule has 1 N–H and O–H groups in total. The molecule has 3 rings (SSSR count). The summed E-state index contributed by atoms with van der Waals surface area (Å²) >= 11 is 3.61. The number of halogens is 1. The van der Waals surface area contributed by atoms with Crippen LogP contribution in [-0.4, -0.2) is 9.97 Å². The molecule has 0 saturated heterocycles. The highest BCUT2D eigenvalue weighted by Gasteiger charge is 2.18. The van der Waals surface area contributed by atoms with Gasteiger partial charge in [0.15, 0.2) is 5.82 Å². The van der Waals surface area contributed by atoms with E-state index >= 15 is 0 Å². The van der Waals surface area contributed by atoms with E-state index in [-0.39, 0.29) is 0 Å². The lowest BCUT2D eigenvalue weighted by molar-refractivity contribution is 0.755. The number of rotatable bonds is 2. The van der Waals surface area contributed by atoms with Crippen LogP contribution in [0.5, 0.6) is 0 Å². The molecule has 0 atom stereocenters. The molecule has 0 unspecified atom stereocenters. The van der Waals surface area contributed by atoms with Gasteiger partial charge in [0, 0.05) is 34.4 Å². The molecule has 0 fully saturated rings. The third-order valence-electron chi connectivity index (χ3n) is 3.80. The maximum absolute atomic E-state index is 4.78. The molecular formula is C16H18BrN3. The van der Waals surface area contributed by atoms with Gasteiger partial charge >= 0.3 is 0 Å². The lowest BCUT2D eigenvalue weighted by Gasteiger charge is -2.10. The standard InChI is InChI=1S/C16H18BrN3/c1-4-13-12-7-18-8-14(12)20-16(19-13)11-5-9(2)15(17)10(3)6-11/h5-6,18H,4,7-8H2,1-3H3. The van der Waals surface area contributed by atoms with Crippen LogP contribution in [0.4, 0.5) is 0 Å². The van der Waals surface area contributed by atoms with Gasteiger partial charge < -0.3 is 5.32 Å². The number of nitrogens with one attached hydrogen (secondary N) is 1. The Kier molecular flexibility index (Phi) is 3.61. The normalized spacial score (nSPS) is 13.6. The molecule has 2 aromatic rings. The van der Waals surface area contributed by atoms with Gasteiger partial charge in [-0.2, -0.15) is 0 Å². The quantitative estimate of drug-likeness (QED) is 0.911. The highest BCUT2D eigenvalue weighted by atomic mass is 79.9. The van der Waals surface area contributed by atoms with Crippen LogP contribution < -0.4 is 5.32 Å². The van der Waals surface area contributed by atoms with Crippen LogP contribution in [0.3, 0.4) is 0 Å². The first-order chi connectivity index (χ1) is 9.60. The molecule has 104 valence electrons. The number of aromatic nitrogens is 2. The lowest BCUT2D eigenvalue weighted by atomic mass is 10.1. The average Bonchev–Trinajstić information content (AvgIpc) is 2.91. The van der Waals surface area contributed by atoms with Gasteiger partial charge in [-0.05, 0) is 43.5 Å². The molecule has 0 amide bonds. The molecule has 1 aromatic heterocycles. The van der Waals surface area contributed by atoms with Crippen molar-refractivity contribution in [1.82, 2.24) is 15.3 Å².